The molecule has 1 amide bonds. The van der Waals surface area contributed by atoms with Crippen molar-refractivity contribution in [3.05, 3.63) is 61.4 Å². The molecule has 1 saturated heterocycles. The summed E-state index contributed by atoms with van der Waals surface area (Å²) in [6.45, 7) is 1.42. The van der Waals surface area contributed by atoms with Gasteiger partial charge in [-0.25, -0.2) is 9.97 Å². The molecule has 0 unspecified atom stereocenters. The first-order valence-electron chi connectivity index (χ1n) is 12.3. The molecule has 2 aliphatic rings. The lowest BCUT2D eigenvalue weighted by Gasteiger charge is -2.36. The summed E-state index contributed by atoms with van der Waals surface area (Å²) in [5, 5.41) is 8.84. The van der Waals surface area contributed by atoms with Crippen LogP contribution in [0.2, 0.25) is 0 Å². The van der Waals surface area contributed by atoms with Gasteiger partial charge in [-0.05, 0) is 24.5 Å². The molecule has 0 N–H and O–H groups in total. The van der Waals surface area contributed by atoms with Gasteiger partial charge in [0.25, 0.3) is 0 Å². The predicted molar refractivity (Wildman–Crippen MR) is 133 cm³/mol. The Bertz CT molecular complexity index is 1410. The summed E-state index contributed by atoms with van der Waals surface area (Å²) >= 11 is 0. The highest BCUT2D eigenvalue weighted by molar-refractivity contribution is 5.96. The number of piperidine rings is 1. The average Bonchev–Trinajstić information content (AvgIpc) is 3.57. The van der Waals surface area contributed by atoms with Gasteiger partial charge in [-0.15, -0.1) is 0 Å². The highest BCUT2D eigenvalue weighted by Gasteiger charge is 2.36. The van der Waals surface area contributed by atoms with E-state index in [1.165, 1.54) is 0 Å². The van der Waals surface area contributed by atoms with Gasteiger partial charge in [0.05, 0.1) is 24.4 Å². The zero-order valence-corrected chi connectivity index (χ0v) is 20.1. The number of hydrogen-bond donors (Lipinski definition) is 0. The standard InChI is InChI=1S/C27H27N7O2/c1-32-16-22(14-30-32)18-3-2-4-19(9-18)26-28-12-21(13-29-26)23-15-31-34(17-23)24-5-7-33(8-6-24)27(36)20-10-25(35)11-20/h2-4,9,12-17,20,24H,5-8,10-11H2,1H3. The number of amides is 1. The first-order valence-corrected chi connectivity index (χ1v) is 12.3. The molecule has 182 valence electrons. The maximum Gasteiger partial charge on any atom is 0.226 e. The fourth-order valence-corrected chi connectivity index (χ4v) is 4.99. The Balaban J connectivity index is 1.11. The highest BCUT2D eigenvalue weighted by Crippen LogP contribution is 2.30. The minimum atomic E-state index is -0.0915. The van der Waals surface area contributed by atoms with Gasteiger partial charge >= 0.3 is 0 Å². The molecular formula is C27H27N7O2. The van der Waals surface area contributed by atoms with Gasteiger partial charge in [0.15, 0.2) is 5.82 Å². The minimum absolute atomic E-state index is 0.0915. The summed E-state index contributed by atoms with van der Waals surface area (Å²) in [7, 11) is 1.90. The van der Waals surface area contributed by atoms with Gasteiger partial charge in [0, 0.05) is 80.0 Å². The second kappa shape index (κ2) is 9.14. The lowest BCUT2D eigenvalue weighted by atomic mass is 9.82. The van der Waals surface area contributed by atoms with Gasteiger partial charge < -0.3 is 4.90 Å². The van der Waals surface area contributed by atoms with Gasteiger partial charge in [-0.3, -0.25) is 19.0 Å². The summed E-state index contributed by atoms with van der Waals surface area (Å²) in [6.07, 6.45) is 13.9. The number of rotatable bonds is 5. The molecule has 0 spiro atoms. The van der Waals surface area contributed by atoms with Crippen LogP contribution >= 0.6 is 0 Å². The molecule has 1 saturated carbocycles. The minimum Gasteiger partial charge on any atom is -0.342 e. The van der Waals surface area contributed by atoms with E-state index >= 15 is 0 Å². The van der Waals surface area contributed by atoms with Gasteiger partial charge in [-0.2, -0.15) is 10.2 Å². The van der Waals surface area contributed by atoms with E-state index in [2.05, 4.69) is 32.3 Å². The maximum atomic E-state index is 12.5. The Morgan fingerprint density at radius 2 is 1.56 bits per heavy atom. The number of carbonyl (C=O) groups is 2. The monoisotopic (exact) mass is 481 g/mol. The van der Waals surface area contributed by atoms with Gasteiger partial charge in [-0.1, -0.05) is 18.2 Å². The largest absolute Gasteiger partial charge is 0.342 e. The average molecular weight is 482 g/mol. The van der Waals surface area contributed by atoms with Crippen molar-refractivity contribution in [1.29, 1.82) is 0 Å². The van der Waals surface area contributed by atoms with E-state index in [4.69, 9.17) is 0 Å². The van der Waals surface area contributed by atoms with E-state index in [1.54, 1.807) is 4.68 Å². The molecule has 0 atom stereocenters. The first kappa shape index (κ1) is 22.3. The van der Waals surface area contributed by atoms with Crippen molar-refractivity contribution in [3.63, 3.8) is 0 Å². The molecule has 3 aromatic heterocycles. The summed E-state index contributed by atoms with van der Waals surface area (Å²) in [5.41, 5.74) is 4.96. The van der Waals surface area contributed by atoms with Crippen molar-refractivity contribution in [2.24, 2.45) is 13.0 Å². The summed E-state index contributed by atoms with van der Waals surface area (Å²) in [6, 6.07) is 8.39. The van der Waals surface area contributed by atoms with Crippen molar-refractivity contribution >= 4 is 11.7 Å². The number of aryl methyl sites for hydroxylation is 1. The van der Waals surface area contributed by atoms with Crippen LogP contribution in [0.15, 0.2) is 61.4 Å². The fourth-order valence-electron chi connectivity index (χ4n) is 4.99. The van der Waals surface area contributed by atoms with E-state index in [-0.39, 0.29) is 23.7 Å². The van der Waals surface area contributed by atoms with Crippen LogP contribution in [-0.4, -0.2) is 59.2 Å². The molecule has 9 nitrogen and oxygen atoms in total. The third-order valence-electron chi connectivity index (χ3n) is 7.19. The zero-order chi connectivity index (χ0) is 24.6. The molecule has 1 aliphatic carbocycles. The zero-order valence-electron chi connectivity index (χ0n) is 20.1. The lowest BCUT2D eigenvalue weighted by Crippen LogP contribution is -2.45. The van der Waals surface area contributed by atoms with Crippen LogP contribution in [0.5, 0.6) is 0 Å². The molecule has 4 aromatic rings. The van der Waals surface area contributed by atoms with Crippen LogP contribution in [-0.2, 0) is 16.6 Å². The molecule has 1 aromatic carbocycles. The number of likely N-dealkylation sites (tertiary alicyclic amines) is 1. The lowest BCUT2D eigenvalue weighted by molar-refractivity contribution is -0.146. The molecule has 4 heterocycles. The van der Waals surface area contributed by atoms with E-state index in [9.17, 15) is 9.59 Å². The molecule has 9 heteroatoms. The van der Waals surface area contributed by atoms with Crippen LogP contribution in [0.4, 0.5) is 0 Å². The summed E-state index contributed by atoms with van der Waals surface area (Å²) < 4.78 is 3.78. The Morgan fingerprint density at radius 1 is 0.861 bits per heavy atom. The van der Waals surface area contributed by atoms with E-state index < -0.39 is 0 Å². The molecule has 0 radical (unpaired) electrons. The number of nitrogens with zero attached hydrogens (tertiary/aromatic N) is 7. The van der Waals surface area contributed by atoms with Crippen LogP contribution in [0.25, 0.3) is 33.6 Å². The predicted octanol–water partition coefficient (Wildman–Crippen LogP) is 3.55. The number of Topliss-reactive ketones (excluding diaryl/α,β-unsaturated/α-hetero) is 1. The number of hydrogen-bond acceptors (Lipinski definition) is 6. The number of benzene rings is 1. The van der Waals surface area contributed by atoms with Gasteiger partial charge in [0.2, 0.25) is 5.91 Å². The Labute approximate surface area is 208 Å². The third kappa shape index (κ3) is 4.32. The SMILES string of the molecule is Cn1cc(-c2cccc(-c3ncc(-c4cnn(C5CCN(C(=O)C6CC(=O)C6)CC5)c4)cn3)c2)cn1. The topological polar surface area (TPSA) is 98.8 Å². The highest BCUT2D eigenvalue weighted by atomic mass is 16.2. The summed E-state index contributed by atoms with van der Waals surface area (Å²) in [4.78, 5) is 34.9. The van der Waals surface area contributed by atoms with Crippen molar-refractivity contribution in [2.75, 3.05) is 13.1 Å². The van der Waals surface area contributed by atoms with Crippen LogP contribution < -0.4 is 0 Å². The second-order valence-corrected chi connectivity index (χ2v) is 9.69. The van der Waals surface area contributed by atoms with Crippen LogP contribution in [0, 0.1) is 5.92 Å². The normalized spacial score (nSPS) is 16.8. The Kier molecular flexibility index (Phi) is 5.67. The molecule has 6 rings (SSSR count). The quantitative estimate of drug-likeness (QED) is 0.432. The number of ketones is 1. The van der Waals surface area contributed by atoms with Gasteiger partial charge in [0.1, 0.15) is 5.78 Å². The number of carbonyl (C=O) groups excluding carboxylic acids is 2. The Hall–Kier alpha value is -4.14. The van der Waals surface area contributed by atoms with Crippen LogP contribution in [0.3, 0.4) is 0 Å². The van der Waals surface area contributed by atoms with Crippen molar-refractivity contribution < 1.29 is 9.59 Å². The Morgan fingerprint density at radius 3 is 2.25 bits per heavy atom. The van der Waals surface area contributed by atoms with Crippen molar-refractivity contribution in [3.8, 4) is 33.6 Å². The molecular weight excluding hydrogens is 454 g/mol. The number of aromatic nitrogens is 6. The fraction of sp³-hybridized carbons (Fsp3) is 0.333. The molecule has 2 fully saturated rings. The van der Waals surface area contributed by atoms with Crippen LogP contribution in [0.1, 0.15) is 31.7 Å². The van der Waals surface area contributed by atoms with Crippen molar-refractivity contribution in [2.45, 2.75) is 31.7 Å². The third-order valence-corrected chi connectivity index (χ3v) is 7.19. The maximum absolute atomic E-state index is 12.5. The first-order chi connectivity index (χ1) is 17.5. The van der Waals surface area contributed by atoms with E-state index in [0.717, 1.165) is 40.7 Å². The van der Waals surface area contributed by atoms with E-state index in [0.29, 0.717) is 31.8 Å². The molecule has 1 aliphatic heterocycles. The smallest absolute Gasteiger partial charge is 0.226 e. The van der Waals surface area contributed by atoms with Crippen molar-refractivity contribution in [1.82, 2.24) is 34.4 Å². The molecule has 0 bridgehead atoms. The molecule has 36 heavy (non-hydrogen) atoms. The summed E-state index contributed by atoms with van der Waals surface area (Å²) in [5.74, 6) is 0.910. The van der Waals surface area contributed by atoms with E-state index in [1.807, 2.05) is 65.9 Å². The second-order valence-electron chi connectivity index (χ2n) is 9.69.